The summed E-state index contributed by atoms with van der Waals surface area (Å²) in [5.74, 6) is -1.93. The molecular formula is C19H15F2N7O. The van der Waals surface area contributed by atoms with Crippen LogP contribution in [-0.4, -0.2) is 28.7 Å². The maximum Gasteiger partial charge on any atom is 0.334 e. The second-order valence-electron chi connectivity index (χ2n) is 6.60. The smallest absolute Gasteiger partial charge is 0.297 e. The molecule has 146 valence electrons. The molecule has 2 atom stereocenters. The third-order valence-electron chi connectivity index (χ3n) is 4.89. The van der Waals surface area contributed by atoms with Gasteiger partial charge < -0.3 is 0 Å². The van der Waals surface area contributed by atoms with Crippen molar-refractivity contribution in [2.45, 2.75) is 25.4 Å². The molecule has 0 aliphatic rings. The normalized spacial score (nSPS) is 13.3. The average molecular weight is 395 g/mol. The van der Waals surface area contributed by atoms with Crippen LogP contribution in [0.25, 0.3) is 5.65 Å². The highest BCUT2D eigenvalue weighted by Gasteiger charge is 2.26. The van der Waals surface area contributed by atoms with Crippen molar-refractivity contribution < 1.29 is 8.78 Å². The second kappa shape index (κ2) is 7.27. The summed E-state index contributed by atoms with van der Waals surface area (Å²) < 4.78 is 32.2. The Labute approximate surface area is 163 Å². The number of benzene rings is 1. The van der Waals surface area contributed by atoms with Gasteiger partial charge in [0.2, 0.25) is 0 Å². The van der Waals surface area contributed by atoms with E-state index in [1.165, 1.54) is 44.6 Å². The third kappa shape index (κ3) is 3.38. The van der Waals surface area contributed by atoms with Gasteiger partial charge in [-0.25, -0.2) is 27.9 Å². The summed E-state index contributed by atoms with van der Waals surface area (Å²) in [5, 5.41) is 13.1. The highest BCUT2D eigenvalue weighted by atomic mass is 19.1. The summed E-state index contributed by atoms with van der Waals surface area (Å²) in [7, 11) is 0. The van der Waals surface area contributed by atoms with E-state index in [-0.39, 0.29) is 17.8 Å². The minimum Gasteiger partial charge on any atom is -0.297 e. The van der Waals surface area contributed by atoms with Crippen molar-refractivity contribution in [3.63, 3.8) is 0 Å². The number of aromatic nitrogens is 6. The Morgan fingerprint density at radius 3 is 2.79 bits per heavy atom. The zero-order chi connectivity index (χ0) is 20.5. The van der Waals surface area contributed by atoms with Crippen molar-refractivity contribution in [1.29, 1.82) is 5.26 Å². The quantitative estimate of drug-likeness (QED) is 0.517. The molecule has 0 N–H and O–H groups in total. The van der Waals surface area contributed by atoms with Crippen LogP contribution < -0.4 is 5.69 Å². The molecule has 0 spiro atoms. The first-order valence-corrected chi connectivity index (χ1v) is 8.75. The number of nitrogens with zero attached hydrogens (tertiary/aromatic N) is 7. The maximum atomic E-state index is 14.6. The lowest BCUT2D eigenvalue weighted by atomic mass is 9.91. The van der Waals surface area contributed by atoms with E-state index in [9.17, 15) is 13.6 Å². The number of hydrogen-bond donors (Lipinski definition) is 0. The molecule has 2 unspecified atom stereocenters. The number of rotatable bonds is 5. The first-order valence-electron chi connectivity index (χ1n) is 8.75. The first kappa shape index (κ1) is 18.5. The fourth-order valence-corrected chi connectivity index (χ4v) is 3.40. The topological polar surface area (TPSA) is 93.8 Å². The van der Waals surface area contributed by atoms with Gasteiger partial charge in [0.1, 0.15) is 36.0 Å². The molecule has 8 nitrogen and oxygen atoms in total. The monoisotopic (exact) mass is 395 g/mol. The summed E-state index contributed by atoms with van der Waals surface area (Å²) in [6.07, 6.45) is 5.75. The van der Waals surface area contributed by atoms with Gasteiger partial charge in [-0.05, 0) is 24.6 Å². The molecule has 4 aromatic rings. The molecule has 3 heterocycles. The van der Waals surface area contributed by atoms with Gasteiger partial charge in [0, 0.05) is 24.2 Å². The Morgan fingerprint density at radius 1 is 1.28 bits per heavy atom. The van der Waals surface area contributed by atoms with Crippen LogP contribution in [-0.2, 0) is 6.54 Å². The second-order valence-corrected chi connectivity index (χ2v) is 6.60. The molecule has 0 bridgehead atoms. The van der Waals surface area contributed by atoms with E-state index < -0.39 is 29.3 Å². The lowest BCUT2D eigenvalue weighted by Crippen LogP contribution is -2.32. The molecule has 10 heteroatoms. The highest BCUT2D eigenvalue weighted by Crippen LogP contribution is 2.31. The Morgan fingerprint density at radius 2 is 2.10 bits per heavy atom. The van der Waals surface area contributed by atoms with Gasteiger partial charge in [-0.3, -0.25) is 9.25 Å². The third-order valence-corrected chi connectivity index (χ3v) is 4.89. The SMILES string of the molecule is CC(C(Cn1cncn1)c1ccc(F)cc1F)n1ccc2nc(C#N)cn2c1=O. The van der Waals surface area contributed by atoms with Crippen molar-refractivity contribution >= 4 is 5.65 Å². The standard InChI is InChI=1S/C19H15F2N7O/c1-12(27-5-4-18-25-14(7-22)8-28(18)19(27)29)16(9-26-11-23-10-24-26)15-3-2-13(20)6-17(15)21/h2-6,8,10-12,16H,9H2,1H3. The van der Waals surface area contributed by atoms with E-state index in [4.69, 9.17) is 5.26 Å². The van der Waals surface area contributed by atoms with Crippen molar-refractivity contribution in [2.24, 2.45) is 0 Å². The van der Waals surface area contributed by atoms with Crippen molar-refractivity contribution in [2.75, 3.05) is 0 Å². The molecule has 0 saturated carbocycles. The van der Waals surface area contributed by atoms with Gasteiger partial charge in [-0.2, -0.15) is 10.4 Å². The molecule has 3 aromatic heterocycles. The number of imidazole rings is 1. The van der Waals surface area contributed by atoms with Gasteiger partial charge in [-0.15, -0.1) is 0 Å². The predicted molar refractivity (Wildman–Crippen MR) is 98.0 cm³/mol. The van der Waals surface area contributed by atoms with E-state index in [0.717, 1.165) is 6.07 Å². The van der Waals surface area contributed by atoms with Gasteiger partial charge in [0.15, 0.2) is 5.69 Å². The lowest BCUT2D eigenvalue weighted by Gasteiger charge is -2.26. The van der Waals surface area contributed by atoms with E-state index in [0.29, 0.717) is 5.65 Å². The molecule has 4 rings (SSSR count). The van der Waals surface area contributed by atoms with Crippen molar-refractivity contribution in [3.05, 3.63) is 82.7 Å². The fourth-order valence-electron chi connectivity index (χ4n) is 3.40. The summed E-state index contributed by atoms with van der Waals surface area (Å²) in [6.45, 7) is 1.99. The van der Waals surface area contributed by atoms with Crippen LogP contribution in [0.4, 0.5) is 8.78 Å². The summed E-state index contributed by atoms with van der Waals surface area (Å²) >= 11 is 0. The molecule has 1 aromatic carbocycles. The Bertz CT molecular complexity index is 1270. The Balaban J connectivity index is 1.82. The molecule has 0 aliphatic heterocycles. The molecular weight excluding hydrogens is 380 g/mol. The molecule has 0 fully saturated rings. The minimum absolute atomic E-state index is 0.122. The molecule has 0 saturated heterocycles. The summed E-state index contributed by atoms with van der Waals surface area (Å²) in [6, 6.07) is 6.35. The number of halogens is 2. The van der Waals surface area contributed by atoms with E-state index in [1.54, 1.807) is 19.2 Å². The minimum atomic E-state index is -0.703. The van der Waals surface area contributed by atoms with Gasteiger partial charge >= 0.3 is 5.69 Å². The zero-order valence-electron chi connectivity index (χ0n) is 15.3. The lowest BCUT2D eigenvalue weighted by molar-refractivity contribution is 0.361. The van der Waals surface area contributed by atoms with Crippen molar-refractivity contribution in [3.8, 4) is 6.07 Å². The van der Waals surface area contributed by atoms with Gasteiger partial charge in [0.25, 0.3) is 0 Å². The van der Waals surface area contributed by atoms with Crippen LogP contribution in [0.1, 0.15) is 30.1 Å². The summed E-state index contributed by atoms with van der Waals surface area (Å²) in [5.41, 5.74) is 0.298. The van der Waals surface area contributed by atoms with Crippen molar-refractivity contribution in [1.82, 2.24) is 28.7 Å². The van der Waals surface area contributed by atoms with Gasteiger partial charge in [0.05, 0.1) is 12.7 Å². The first-order chi connectivity index (χ1) is 14.0. The Hall–Kier alpha value is -3.87. The molecule has 0 radical (unpaired) electrons. The van der Waals surface area contributed by atoms with Crippen LogP contribution in [0.15, 0.2) is 54.1 Å². The van der Waals surface area contributed by atoms with Crippen LogP contribution in [0.5, 0.6) is 0 Å². The van der Waals surface area contributed by atoms with Crippen LogP contribution in [0.2, 0.25) is 0 Å². The van der Waals surface area contributed by atoms with Crippen LogP contribution in [0.3, 0.4) is 0 Å². The Kier molecular flexibility index (Phi) is 4.64. The number of fused-ring (bicyclic) bond motifs is 1. The average Bonchev–Trinajstić information content (AvgIpc) is 3.36. The molecule has 29 heavy (non-hydrogen) atoms. The van der Waals surface area contributed by atoms with E-state index >= 15 is 0 Å². The van der Waals surface area contributed by atoms with E-state index in [2.05, 4.69) is 15.1 Å². The number of hydrogen-bond acceptors (Lipinski definition) is 5. The van der Waals surface area contributed by atoms with E-state index in [1.807, 2.05) is 6.07 Å². The van der Waals surface area contributed by atoms with Gasteiger partial charge in [-0.1, -0.05) is 6.07 Å². The van der Waals surface area contributed by atoms with Crippen LogP contribution >= 0.6 is 0 Å². The number of nitriles is 1. The van der Waals surface area contributed by atoms with Crippen LogP contribution in [0, 0.1) is 23.0 Å². The zero-order valence-corrected chi connectivity index (χ0v) is 15.3. The fraction of sp³-hybridized carbons (Fsp3) is 0.211. The molecule has 0 aliphatic carbocycles. The largest absolute Gasteiger partial charge is 0.334 e. The highest BCUT2D eigenvalue weighted by molar-refractivity contribution is 5.41. The summed E-state index contributed by atoms with van der Waals surface area (Å²) in [4.78, 5) is 20.9. The predicted octanol–water partition coefficient (Wildman–Crippen LogP) is 2.28. The molecule has 0 amide bonds. The maximum absolute atomic E-state index is 14.6.